The van der Waals surface area contributed by atoms with Gasteiger partial charge in [-0.05, 0) is 18.6 Å². The molecule has 3 aromatic rings. The number of benzene rings is 1. The summed E-state index contributed by atoms with van der Waals surface area (Å²) in [7, 11) is 0. The van der Waals surface area contributed by atoms with E-state index in [9.17, 15) is 0 Å². The molecule has 1 saturated heterocycles. The van der Waals surface area contributed by atoms with Crippen LogP contribution in [0.4, 0.5) is 5.82 Å². The zero-order chi connectivity index (χ0) is 16.6. The molecule has 0 N–H and O–H groups in total. The second kappa shape index (κ2) is 5.97. The van der Waals surface area contributed by atoms with Gasteiger partial charge in [0.15, 0.2) is 5.65 Å². The lowest BCUT2D eigenvalue weighted by Gasteiger charge is -2.24. The molecule has 4 heterocycles. The highest BCUT2D eigenvalue weighted by Gasteiger charge is 2.29. The zero-order valence-electron chi connectivity index (χ0n) is 14.0. The minimum absolute atomic E-state index is 0.601. The molecule has 0 radical (unpaired) electrons. The lowest BCUT2D eigenvalue weighted by molar-refractivity contribution is 0.271. The summed E-state index contributed by atoms with van der Waals surface area (Å²) in [6, 6.07) is 10.7. The lowest BCUT2D eigenvalue weighted by Crippen LogP contribution is -2.35. The zero-order valence-corrected chi connectivity index (χ0v) is 14.0. The number of nitrogens with zero attached hydrogens (tertiary/aromatic N) is 6. The quantitative estimate of drug-likeness (QED) is 0.689. The lowest BCUT2D eigenvalue weighted by atomic mass is 10.2. The highest BCUT2D eigenvalue weighted by molar-refractivity contribution is 5.87. The Kier molecular flexibility index (Phi) is 3.48. The van der Waals surface area contributed by atoms with Crippen LogP contribution in [0.2, 0.25) is 0 Å². The number of hydrogen-bond acceptors (Lipinski definition) is 5. The molecule has 1 aromatic carbocycles. The van der Waals surface area contributed by atoms with Gasteiger partial charge >= 0.3 is 0 Å². The molecule has 5 rings (SSSR count). The van der Waals surface area contributed by atoms with Crippen LogP contribution in [0.5, 0.6) is 0 Å². The molecule has 2 aromatic heterocycles. The van der Waals surface area contributed by atoms with Gasteiger partial charge in [-0.1, -0.05) is 30.4 Å². The predicted molar refractivity (Wildman–Crippen MR) is 98.0 cm³/mol. The van der Waals surface area contributed by atoms with Crippen molar-refractivity contribution in [1.29, 1.82) is 0 Å². The normalized spacial score (nSPS) is 20.8. The third kappa shape index (κ3) is 2.49. The molecule has 2 aliphatic heterocycles. The van der Waals surface area contributed by atoms with Crippen molar-refractivity contribution >= 4 is 16.9 Å². The molecule has 0 unspecified atom stereocenters. The Hall–Kier alpha value is -2.73. The van der Waals surface area contributed by atoms with Gasteiger partial charge in [0, 0.05) is 32.2 Å². The summed E-state index contributed by atoms with van der Waals surface area (Å²) in [6.45, 7) is 4.20. The maximum atomic E-state index is 4.58. The highest BCUT2D eigenvalue weighted by Crippen LogP contribution is 2.28. The first-order valence-electron chi connectivity index (χ1n) is 8.78. The van der Waals surface area contributed by atoms with Gasteiger partial charge in [-0.3, -0.25) is 4.90 Å². The van der Waals surface area contributed by atoms with E-state index in [1.807, 2.05) is 41.2 Å². The van der Waals surface area contributed by atoms with Crippen LogP contribution < -0.4 is 4.90 Å². The summed E-state index contributed by atoms with van der Waals surface area (Å²) in [5, 5.41) is 5.58. The molecule has 0 amide bonds. The minimum atomic E-state index is 0.601. The van der Waals surface area contributed by atoms with E-state index in [4.69, 9.17) is 0 Å². The van der Waals surface area contributed by atoms with Crippen molar-refractivity contribution in [3.63, 3.8) is 0 Å². The molecule has 6 nitrogen and oxygen atoms in total. The summed E-state index contributed by atoms with van der Waals surface area (Å²) < 4.78 is 1.89. The Bertz CT molecular complexity index is 908. The van der Waals surface area contributed by atoms with Crippen molar-refractivity contribution in [2.24, 2.45) is 0 Å². The number of anilines is 1. The van der Waals surface area contributed by atoms with E-state index in [1.54, 1.807) is 6.33 Å². The molecule has 0 saturated carbocycles. The molecule has 0 bridgehead atoms. The number of rotatable bonds is 3. The Morgan fingerprint density at radius 3 is 2.68 bits per heavy atom. The summed E-state index contributed by atoms with van der Waals surface area (Å²) in [6.07, 6.45) is 9.25. The standard InChI is InChI=1S/C19H20N6/c1-2-6-15(7-3-1)25-19-17(12-22-25)18(20-14-21-19)24-11-8-16(13-24)23-9-4-5-10-23/h1-7,12,14,16H,8-11,13H2/t16-/m1/s1. The van der Waals surface area contributed by atoms with Crippen LogP contribution >= 0.6 is 0 Å². The van der Waals surface area contributed by atoms with Crippen molar-refractivity contribution in [3.05, 3.63) is 55.0 Å². The second-order valence-electron chi connectivity index (χ2n) is 6.64. The van der Waals surface area contributed by atoms with Crippen molar-refractivity contribution in [3.8, 4) is 5.69 Å². The average molecular weight is 332 g/mol. The first kappa shape index (κ1) is 14.6. The largest absolute Gasteiger partial charge is 0.354 e. The SMILES string of the molecule is C1=CCN([C@@H]2CCN(c3ncnc4c3cnn4-c3ccccc3)C2)C1. The average Bonchev–Trinajstić information content (AvgIpc) is 3.40. The molecule has 6 heteroatoms. The van der Waals surface area contributed by atoms with E-state index in [1.165, 1.54) is 6.42 Å². The summed E-state index contributed by atoms with van der Waals surface area (Å²) in [5.74, 6) is 1.00. The summed E-state index contributed by atoms with van der Waals surface area (Å²) >= 11 is 0. The third-order valence-corrected chi connectivity index (χ3v) is 5.17. The molecule has 1 fully saturated rings. The maximum absolute atomic E-state index is 4.58. The third-order valence-electron chi connectivity index (χ3n) is 5.17. The van der Waals surface area contributed by atoms with Crippen LogP contribution in [0.1, 0.15) is 6.42 Å². The van der Waals surface area contributed by atoms with Crippen molar-refractivity contribution < 1.29 is 0 Å². The van der Waals surface area contributed by atoms with Gasteiger partial charge in [0.2, 0.25) is 0 Å². The van der Waals surface area contributed by atoms with Crippen LogP contribution in [-0.4, -0.2) is 56.9 Å². The molecular formula is C19H20N6. The van der Waals surface area contributed by atoms with Crippen LogP contribution in [0, 0.1) is 0 Å². The molecule has 25 heavy (non-hydrogen) atoms. The Morgan fingerprint density at radius 1 is 1.00 bits per heavy atom. The maximum Gasteiger partial charge on any atom is 0.168 e. The predicted octanol–water partition coefficient (Wildman–Crippen LogP) is 2.27. The molecule has 2 aliphatic rings. The van der Waals surface area contributed by atoms with E-state index in [2.05, 4.69) is 37.0 Å². The van der Waals surface area contributed by atoms with Gasteiger partial charge < -0.3 is 4.90 Å². The molecule has 126 valence electrons. The van der Waals surface area contributed by atoms with Crippen LogP contribution in [0.3, 0.4) is 0 Å². The Morgan fingerprint density at radius 2 is 1.84 bits per heavy atom. The van der Waals surface area contributed by atoms with Crippen molar-refractivity contribution in [1.82, 2.24) is 24.6 Å². The number of para-hydroxylation sites is 1. The first-order valence-corrected chi connectivity index (χ1v) is 8.78. The summed E-state index contributed by atoms with van der Waals surface area (Å²) in [5.41, 5.74) is 1.88. The minimum Gasteiger partial charge on any atom is -0.354 e. The van der Waals surface area contributed by atoms with Gasteiger partial charge in [0.1, 0.15) is 12.1 Å². The molecule has 0 aliphatic carbocycles. The van der Waals surface area contributed by atoms with E-state index in [0.29, 0.717) is 6.04 Å². The number of aromatic nitrogens is 4. The van der Waals surface area contributed by atoms with Crippen molar-refractivity contribution in [2.45, 2.75) is 12.5 Å². The smallest absolute Gasteiger partial charge is 0.168 e. The van der Waals surface area contributed by atoms with Gasteiger partial charge in [-0.15, -0.1) is 0 Å². The second-order valence-corrected chi connectivity index (χ2v) is 6.64. The molecular weight excluding hydrogens is 312 g/mol. The van der Waals surface area contributed by atoms with Gasteiger partial charge in [-0.2, -0.15) is 5.10 Å². The van der Waals surface area contributed by atoms with E-state index in [-0.39, 0.29) is 0 Å². The first-order chi connectivity index (χ1) is 12.4. The van der Waals surface area contributed by atoms with Crippen molar-refractivity contribution in [2.75, 3.05) is 31.1 Å². The Balaban J connectivity index is 1.47. The fourth-order valence-corrected chi connectivity index (χ4v) is 3.87. The van der Waals surface area contributed by atoms with Crippen LogP contribution in [-0.2, 0) is 0 Å². The van der Waals surface area contributed by atoms with Gasteiger partial charge in [0.25, 0.3) is 0 Å². The molecule has 1 atom stereocenters. The van der Waals surface area contributed by atoms with E-state index < -0.39 is 0 Å². The number of hydrogen-bond donors (Lipinski definition) is 0. The molecule has 0 spiro atoms. The monoisotopic (exact) mass is 332 g/mol. The fourth-order valence-electron chi connectivity index (χ4n) is 3.87. The van der Waals surface area contributed by atoms with E-state index >= 15 is 0 Å². The van der Waals surface area contributed by atoms with E-state index in [0.717, 1.165) is 48.7 Å². The van der Waals surface area contributed by atoms with Gasteiger partial charge in [-0.25, -0.2) is 14.6 Å². The fraction of sp³-hybridized carbons (Fsp3) is 0.316. The van der Waals surface area contributed by atoms with Crippen LogP contribution in [0.15, 0.2) is 55.0 Å². The topological polar surface area (TPSA) is 50.1 Å². The Labute approximate surface area is 146 Å². The van der Waals surface area contributed by atoms with Gasteiger partial charge in [0.05, 0.1) is 17.3 Å². The highest BCUT2D eigenvalue weighted by atomic mass is 15.3. The number of fused-ring (bicyclic) bond motifs is 1. The van der Waals surface area contributed by atoms with Crippen LogP contribution in [0.25, 0.3) is 16.7 Å². The summed E-state index contributed by atoms with van der Waals surface area (Å²) in [4.78, 5) is 14.0.